The summed E-state index contributed by atoms with van der Waals surface area (Å²) in [5.74, 6) is -0.719. The summed E-state index contributed by atoms with van der Waals surface area (Å²) in [6.07, 6.45) is 1.56. The second-order valence-electron chi connectivity index (χ2n) is 7.28. The number of anilines is 1. The van der Waals surface area contributed by atoms with E-state index in [1.165, 1.54) is 66.6 Å². The minimum absolute atomic E-state index is 0.189. The summed E-state index contributed by atoms with van der Waals surface area (Å²) in [6.45, 7) is 1.37. The van der Waals surface area contributed by atoms with E-state index < -0.39 is 23.9 Å². The summed E-state index contributed by atoms with van der Waals surface area (Å²) in [5, 5.41) is 10.2. The van der Waals surface area contributed by atoms with Crippen molar-refractivity contribution in [3.8, 4) is 16.9 Å². The molecule has 4 aromatic rings. The van der Waals surface area contributed by atoms with Crippen LogP contribution in [0.25, 0.3) is 22.2 Å². The summed E-state index contributed by atoms with van der Waals surface area (Å²) >= 11 is 4.74. The first-order chi connectivity index (χ1) is 16.1. The van der Waals surface area contributed by atoms with Crippen molar-refractivity contribution in [2.24, 2.45) is 0 Å². The third kappa shape index (κ3) is 5.09. The van der Waals surface area contributed by atoms with Gasteiger partial charge in [-0.3, -0.25) is 4.79 Å². The Morgan fingerprint density at radius 2 is 1.88 bits per heavy atom. The maximum atomic E-state index is 13.4. The van der Waals surface area contributed by atoms with Crippen molar-refractivity contribution in [2.75, 3.05) is 5.32 Å². The Hall–Kier alpha value is -3.73. The first-order valence-electron chi connectivity index (χ1n) is 9.85. The second kappa shape index (κ2) is 9.26. The molecule has 0 saturated heterocycles. The molecular formula is C22H16ClF4N5O2. The lowest BCUT2D eigenvalue weighted by atomic mass is 10.0. The average molecular weight is 494 g/mol. The normalized spacial score (nSPS) is 12.7. The zero-order chi connectivity index (χ0) is 24.5. The number of ether oxygens (including phenoxy) is 1. The topological polar surface area (TPSA) is 81.9 Å². The van der Waals surface area contributed by atoms with Crippen LogP contribution in [-0.4, -0.2) is 37.6 Å². The first-order valence-corrected chi connectivity index (χ1v) is 10.2. The number of nitrogens with zero attached hydrogens (tertiary/aromatic N) is 4. The molecule has 0 radical (unpaired) electrons. The van der Waals surface area contributed by atoms with Gasteiger partial charge in [0.05, 0.1) is 35.8 Å². The second-order valence-corrected chi connectivity index (χ2v) is 7.72. The lowest BCUT2D eigenvalue weighted by molar-refractivity contribution is -0.0964. The molecule has 7 nitrogen and oxygen atoms in total. The standard InChI is InChI=1S/C22H16ClF4N5O2/c1-12(20(24)25)32-11-28-18-9-14(8-17(19(18)32)13-6-7-29-30-10-13)21(33)31-15-2-4-16(5-3-15)34-22(23,26)27/h2-12,20H,1H3,(H,31,33)/t12-/m1/s1. The number of rotatable bonds is 7. The molecule has 2 aromatic carbocycles. The number of imidazole rings is 1. The number of alkyl halides is 5. The van der Waals surface area contributed by atoms with E-state index in [0.717, 1.165) is 0 Å². The molecule has 0 spiro atoms. The Labute approximate surface area is 195 Å². The van der Waals surface area contributed by atoms with E-state index in [2.05, 4.69) is 25.2 Å². The zero-order valence-electron chi connectivity index (χ0n) is 17.4. The summed E-state index contributed by atoms with van der Waals surface area (Å²) in [4.78, 5) is 17.2. The van der Waals surface area contributed by atoms with Gasteiger partial charge in [0, 0.05) is 34.0 Å². The van der Waals surface area contributed by atoms with Gasteiger partial charge in [0.1, 0.15) is 5.75 Å². The van der Waals surface area contributed by atoms with Crippen LogP contribution >= 0.6 is 11.6 Å². The molecule has 34 heavy (non-hydrogen) atoms. The minimum atomic E-state index is -3.86. The molecule has 0 saturated carbocycles. The van der Waals surface area contributed by atoms with Crippen LogP contribution in [-0.2, 0) is 0 Å². The fourth-order valence-corrected chi connectivity index (χ4v) is 3.43. The van der Waals surface area contributed by atoms with Gasteiger partial charge in [-0.2, -0.15) is 10.2 Å². The number of hydrogen-bond donors (Lipinski definition) is 1. The number of aromatic nitrogens is 4. The van der Waals surface area contributed by atoms with Crippen molar-refractivity contribution in [2.45, 2.75) is 25.0 Å². The number of fused-ring (bicyclic) bond motifs is 1. The molecule has 0 aliphatic heterocycles. The summed E-state index contributed by atoms with van der Waals surface area (Å²) in [6, 6.07) is 8.66. The van der Waals surface area contributed by atoms with Crippen LogP contribution in [0.3, 0.4) is 0 Å². The fraction of sp³-hybridized carbons (Fsp3) is 0.182. The summed E-state index contributed by atoms with van der Waals surface area (Å²) < 4.78 is 58.0. The molecule has 0 bridgehead atoms. The first kappa shape index (κ1) is 23.4. The Morgan fingerprint density at radius 3 is 2.50 bits per heavy atom. The average Bonchev–Trinajstić information content (AvgIpc) is 3.22. The molecule has 1 amide bonds. The van der Waals surface area contributed by atoms with E-state index in [-0.39, 0.29) is 11.3 Å². The van der Waals surface area contributed by atoms with Crippen LogP contribution in [0.4, 0.5) is 23.2 Å². The Morgan fingerprint density at radius 1 is 1.15 bits per heavy atom. The van der Waals surface area contributed by atoms with Gasteiger partial charge < -0.3 is 14.6 Å². The van der Waals surface area contributed by atoms with Crippen LogP contribution < -0.4 is 10.1 Å². The predicted octanol–water partition coefficient (Wildman–Crippen LogP) is 5.74. The highest BCUT2D eigenvalue weighted by Crippen LogP contribution is 2.33. The molecule has 0 aliphatic carbocycles. The summed E-state index contributed by atoms with van der Waals surface area (Å²) in [5.41, 5.74) is -1.58. The van der Waals surface area contributed by atoms with E-state index in [1.807, 2.05) is 0 Å². The van der Waals surface area contributed by atoms with Crippen molar-refractivity contribution in [1.29, 1.82) is 0 Å². The van der Waals surface area contributed by atoms with E-state index in [0.29, 0.717) is 27.8 Å². The molecule has 4 rings (SSSR count). The lowest BCUT2D eigenvalue weighted by Gasteiger charge is -2.16. The van der Waals surface area contributed by atoms with Crippen LogP contribution in [0.5, 0.6) is 5.75 Å². The molecule has 176 valence electrons. The number of carbonyl (C=O) groups is 1. The molecule has 1 atom stereocenters. The van der Waals surface area contributed by atoms with Crippen molar-refractivity contribution in [3.63, 3.8) is 0 Å². The highest BCUT2D eigenvalue weighted by Gasteiger charge is 2.27. The van der Waals surface area contributed by atoms with Gasteiger partial charge in [-0.1, -0.05) is 0 Å². The van der Waals surface area contributed by atoms with Crippen LogP contribution in [0.15, 0.2) is 61.2 Å². The Balaban J connectivity index is 1.70. The van der Waals surface area contributed by atoms with E-state index in [9.17, 15) is 22.4 Å². The van der Waals surface area contributed by atoms with E-state index in [1.54, 1.807) is 6.07 Å². The van der Waals surface area contributed by atoms with Crippen molar-refractivity contribution in [3.05, 3.63) is 66.7 Å². The van der Waals surface area contributed by atoms with Crippen molar-refractivity contribution in [1.82, 2.24) is 19.7 Å². The van der Waals surface area contributed by atoms with Crippen LogP contribution in [0, 0.1) is 0 Å². The molecule has 0 aliphatic rings. The maximum absolute atomic E-state index is 13.4. The lowest BCUT2D eigenvalue weighted by Crippen LogP contribution is -2.16. The van der Waals surface area contributed by atoms with Crippen molar-refractivity contribution < 1.29 is 27.1 Å². The number of amides is 1. The molecule has 1 N–H and O–H groups in total. The molecular weight excluding hydrogens is 478 g/mol. The molecule has 2 aromatic heterocycles. The van der Waals surface area contributed by atoms with Gasteiger partial charge in [0.2, 0.25) is 0 Å². The highest BCUT2D eigenvalue weighted by molar-refractivity contribution is 6.20. The SMILES string of the molecule is C[C@H](C(F)F)n1cnc2cc(C(=O)Nc3ccc(OC(F)(F)Cl)cc3)cc(-c3ccnnc3)c21. The number of hydrogen-bond acceptors (Lipinski definition) is 5. The number of benzene rings is 2. The smallest absolute Gasteiger partial charge is 0.420 e. The quantitative estimate of drug-likeness (QED) is 0.262. The number of carbonyl (C=O) groups excluding carboxylic acids is 1. The summed E-state index contributed by atoms with van der Waals surface area (Å²) in [7, 11) is 0. The molecule has 12 heteroatoms. The third-order valence-electron chi connectivity index (χ3n) is 4.98. The van der Waals surface area contributed by atoms with Gasteiger partial charge in [0.15, 0.2) is 0 Å². The van der Waals surface area contributed by atoms with Gasteiger partial charge >= 0.3 is 5.57 Å². The molecule has 0 unspecified atom stereocenters. The van der Waals surface area contributed by atoms with Crippen LogP contribution in [0.2, 0.25) is 0 Å². The predicted molar refractivity (Wildman–Crippen MR) is 117 cm³/mol. The number of halogens is 5. The number of nitrogens with one attached hydrogen (secondary N) is 1. The maximum Gasteiger partial charge on any atom is 0.487 e. The zero-order valence-corrected chi connectivity index (χ0v) is 18.2. The Kier molecular flexibility index (Phi) is 6.38. The Bertz CT molecular complexity index is 1310. The molecule has 2 heterocycles. The van der Waals surface area contributed by atoms with Crippen molar-refractivity contribution >= 4 is 34.2 Å². The van der Waals surface area contributed by atoms with Gasteiger partial charge in [-0.15, -0.1) is 8.78 Å². The molecule has 0 fully saturated rings. The monoisotopic (exact) mass is 493 g/mol. The fourth-order valence-electron chi connectivity index (χ4n) is 3.35. The van der Waals surface area contributed by atoms with Gasteiger partial charge in [-0.25, -0.2) is 13.8 Å². The van der Waals surface area contributed by atoms with Gasteiger partial charge in [0.25, 0.3) is 12.3 Å². The third-order valence-corrected chi connectivity index (χ3v) is 5.05. The largest absolute Gasteiger partial charge is 0.487 e. The highest BCUT2D eigenvalue weighted by atomic mass is 35.5. The minimum Gasteiger partial charge on any atom is -0.420 e. The van der Waals surface area contributed by atoms with Crippen LogP contribution in [0.1, 0.15) is 23.3 Å². The van der Waals surface area contributed by atoms with Gasteiger partial charge in [-0.05, 0) is 49.4 Å². The van der Waals surface area contributed by atoms with E-state index >= 15 is 0 Å². The van der Waals surface area contributed by atoms with E-state index in [4.69, 9.17) is 11.6 Å².